The molecule has 3 heterocycles. The number of piperidine rings is 1. The van der Waals surface area contributed by atoms with Crippen molar-refractivity contribution >= 4 is 11.6 Å². The van der Waals surface area contributed by atoms with E-state index in [2.05, 4.69) is 15.4 Å². The lowest BCUT2D eigenvalue weighted by molar-refractivity contribution is -0.128. The molecule has 4 rings (SSSR count). The minimum absolute atomic E-state index is 0.0212. The Morgan fingerprint density at radius 2 is 1.88 bits per heavy atom. The molecule has 26 heavy (non-hydrogen) atoms. The molecule has 0 aliphatic carbocycles. The van der Waals surface area contributed by atoms with Gasteiger partial charge in [-0.1, -0.05) is 0 Å². The third kappa shape index (κ3) is 3.27. The van der Waals surface area contributed by atoms with Gasteiger partial charge in [0.1, 0.15) is 23.0 Å². The van der Waals surface area contributed by atoms with Crippen LogP contribution in [0, 0.1) is 17.6 Å². The van der Waals surface area contributed by atoms with Crippen LogP contribution in [-0.4, -0.2) is 52.4 Å². The smallest absolute Gasteiger partial charge is 0.222 e. The molecule has 0 atom stereocenters. The van der Waals surface area contributed by atoms with Gasteiger partial charge < -0.3 is 9.80 Å². The van der Waals surface area contributed by atoms with Crippen molar-refractivity contribution in [3.8, 4) is 11.3 Å². The second-order valence-corrected chi connectivity index (χ2v) is 7.02. The number of likely N-dealkylation sites (tertiary alicyclic amines) is 1. The lowest BCUT2D eigenvalue weighted by atomic mass is 9.95. The number of carbonyl (C=O) groups excluding carboxylic acids is 1. The van der Waals surface area contributed by atoms with Gasteiger partial charge in [0.15, 0.2) is 0 Å². The Hall–Kier alpha value is -2.51. The van der Waals surface area contributed by atoms with Crippen LogP contribution in [0.1, 0.15) is 25.7 Å². The number of amides is 1. The molecule has 1 N–H and O–H groups in total. The fourth-order valence-electron chi connectivity index (χ4n) is 3.90. The number of nitrogens with one attached hydrogen (secondary N) is 1. The molecule has 2 saturated heterocycles. The van der Waals surface area contributed by atoms with Crippen LogP contribution in [0.4, 0.5) is 14.5 Å². The first-order valence-corrected chi connectivity index (χ1v) is 8.99. The maximum atomic E-state index is 14.6. The zero-order chi connectivity index (χ0) is 18.1. The van der Waals surface area contributed by atoms with Crippen LogP contribution in [0.25, 0.3) is 11.3 Å². The zero-order valence-electron chi connectivity index (χ0n) is 14.4. The second-order valence-electron chi connectivity index (χ2n) is 7.02. The molecule has 2 fully saturated rings. The van der Waals surface area contributed by atoms with Crippen molar-refractivity contribution < 1.29 is 13.6 Å². The van der Waals surface area contributed by atoms with E-state index in [1.54, 1.807) is 4.90 Å². The number of aromatic nitrogens is 3. The van der Waals surface area contributed by atoms with Crippen LogP contribution in [0.15, 0.2) is 18.3 Å². The number of H-pyrrole nitrogens is 1. The summed E-state index contributed by atoms with van der Waals surface area (Å²) in [6.07, 6.45) is 4.67. The van der Waals surface area contributed by atoms with Gasteiger partial charge in [-0.05, 0) is 37.3 Å². The highest BCUT2D eigenvalue weighted by Crippen LogP contribution is 2.32. The average Bonchev–Trinajstić information content (AvgIpc) is 3.28. The third-order valence-electron chi connectivity index (χ3n) is 5.31. The molecule has 138 valence electrons. The molecule has 0 saturated carbocycles. The predicted molar refractivity (Wildman–Crippen MR) is 92.5 cm³/mol. The monoisotopic (exact) mass is 361 g/mol. The highest BCUT2D eigenvalue weighted by molar-refractivity contribution is 5.78. The number of carbonyl (C=O) groups is 1. The fraction of sp³-hybridized carbons (Fsp3) is 0.500. The highest BCUT2D eigenvalue weighted by Gasteiger charge is 2.28. The number of rotatable bonds is 4. The van der Waals surface area contributed by atoms with Crippen molar-refractivity contribution in [3.63, 3.8) is 0 Å². The van der Waals surface area contributed by atoms with Gasteiger partial charge in [0.2, 0.25) is 5.91 Å². The number of benzene rings is 1. The summed E-state index contributed by atoms with van der Waals surface area (Å²) in [6, 6.07) is 2.59. The van der Waals surface area contributed by atoms with Crippen molar-refractivity contribution in [3.05, 3.63) is 30.0 Å². The molecule has 6 nitrogen and oxygen atoms in total. The second kappa shape index (κ2) is 7.01. The van der Waals surface area contributed by atoms with E-state index in [0.29, 0.717) is 36.7 Å². The van der Waals surface area contributed by atoms with Crippen LogP contribution in [-0.2, 0) is 4.79 Å². The molecule has 2 aliphatic rings. The minimum Gasteiger partial charge on any atom is -0.367 e. The number of hydrogen-bond acceptors (Lipinski definition) is 4. The van der Waals surface area contributed by atoms with Gasteiger partial charge >= 0.3 is 0 Å². The SMILES string of the molecule is O=C1CCCN1CC1CCN(c2c(F)cc(-c3cn[nH]n3)cc2F)CC1. The molecule has 2 aliphatic heterocycles. The van der Waals surface area contributed by atoms with Crippen LogP contribution in [0.2, 0.25) is 0 Å². The number of halogens is 2. The number of aromatic amines is 1. The van der Waals surface area contributed by atoms with E-state index in [1.807, 2.05) is 4.90 Å². The van der Waals surface area contributed by atoms with E-state index in [-0.39, 0.29) is 11.6 Å². The molecular weight excluding hydrogens is 340 g/mol. The highest BCUT2D eigenvalue weighted by atomic mass is 19.1. The van der Waals surface area contributed by atoms with Crippen molar-refractivity contribution in [2.24, 2.45) is 5.92 Å². The summed E-state index contributed by atoms with van der Waals surface area (Å²) in [5.41, 5.74) is 0.788. The standard InChI is InChI=1S/C18H21F2N5O/c19-14-8-13(16-10-21-23-22-16)9-15(20)18(14)24-6-3-12(4-7-24)11-25-5-1-2-17(25)26/h8-10,12H,1-7,11H2,(H,21,22,23). The first-order chi connectivity index (χ1) is 12.6. The van der Waals surface area contributed by atoms with E-state index >= 15 is 0 Å². The minimum atomic E-state index is -0.587. The quantitative estimate of drug-likeness (QED) is 0.909. The summed E-state index contributed by atoms with van der Waals surface area (Å²) in [4.78, 5) is 15.4. The first kappa shape index (κ1) is 16.9. The van der Waals surface area contributed by atoms with E-state index in [4.69, 9.17) is 0 Å². The van der Waals surface area contributed by atoms with Gasteiger partial charge in [0, 0.05) is 38.2 Å². The van der Waals surface area contributed by atoms with Gasteiger partial charge in [-0.2, -0.15) is 15.4 Å². The van der Waals surface area contributed by atoms with E-state index in [0.717, 1.165) is 32.4 Å². The van der Waals surface area contributed by atoms with Crippen LogP contribution in [0.3, 0.4) is 0 Å². The Morgan fingerprint density at radius 3 is 2.46 bits per heavy atom. The van der Waals surface area contributed by atoms with Gasteiger partial charge in [-0.3, -0.25) is 4.79 Å². The summed E-state index contributed by atoms with van der Waals surface area (Å²) < 4.78 is 29.1. The Labute approximate surface area is 150 Å². The van der Waals surface area contributed by atoms with Gasteiger partial charge in [-0.15, -0.1) is 0 Å². The van der Waals surface area contributed by atoms with Crippen LogP contribution < -0.4 is 4.90 Å². The predicted octanol–water partition coefficient (Wildman–Crippen LogP) is 2.59. The Morgan fingerprint density at radius 1 is 1.15 bits per heavy atom. The summed E-state index contributed by atoms with van der Waals surface area (Å²) in [6.45, 7) is 2.78. The summed E-state index contributed by atoms with van der Waals surface area (Å²) in [7, 11) is 0. The molecule has 2 aromatic rings. The number of anilines is 1. The molecule has 0 radical (unpaired) electrons. The average molecular weight is 361 g/mol. The molecule has 1 amide bonds. The lowest BCUT2D eigenvalue weighted by Gasteiger charge is -2.35. The molecule has 1 aromatic carbocycles. The Bertz CT molecular complexity index is 764. The first-order valence-electron chi connectivity index (χ1n) is 8.99. The fourth-order valence-corrected chi connectivity index (χ4v) is 3.90. The largest absolute Gasteiger partial charge is 0.367 e. The van der Waals surface area contributed by atoms with Crippen LogP contribution in [0.5, 0.6) is 0 Å². The molecule has 1 aromatic heterocycles. The number of hydrogen-bond donors (Lipinski definition) is 1. The molecule has 0 bridgehead atoms. The maximum absolute atomic E-state index is 14.6. The maximum Gasteiger partial charge on any atom is 0.222 e. The topological polar surface area (TPSA) is 65.1 Å². The van der Waals surface area contributed by atoms with Crippen molar-refractivity contribution in [2.45, 2.75) is 25.7 Å². The third-order valence-corrected chi connectivity index (χ3v) is 5.31. The normalized spacial score (nSPS) is 18.8. The molecule has 0 spiro atoms. The van der Waals surface area contributed by atoms with E-state index in [9.17, 15) is 13.6 Å². The molecular formula is C18H21F2N5O. The Balaban J connectivity index is 1.43. The van der Waals surface area contributed by atoms with Gasteiger partial charge in [0.05, 0.1) is 6.20 Å². The molecule has 8 heteroatoms. The summed E-state index contributed by atoms with van der Waals surface area (Å²) >= 11 is 0. The zero-order valence-corrected chi connectivity index (χ0v) is 14.4. The lowest BCUT2D eigenvalue weighted by Crippen LogP contribution is -2.39. The van der Waals surface area contributed by atoms with Crippen LogP contribution >= 0.6 is 0 Å². The van der Waals surface area contributed by atoms with Crippen molar-refractivity contribution in [2.75, 3.05) is 31.1 Å². The molecule has 0 unspecified atom stereocenters. The number of nitrogens with zero attached hydrogens (tertiary/aromatic N) is 4. The van der Waals surface area contributed by atoms with Crippen molar-refractivity contribution in [1.82, 2.24) is 20.3 Å². The summed E-state index contributed by atoms with van der Waals surface area (Å²) in [5.74, 6) is -0.547. The van der Waals surface area contributed by atoms with Gasteiger partial charge in [0.25, 0.3) is 0 Å². The Kier molecular flexibility index (Phi) is 4.57. The van der Waals surface area contributed by atoms with E-state index in [1.165, 1.54) is 18.3 Å². The van der Waals surface area contributed by atoms with Gasteiger partial charge in [-0.25, -0.2) is 8.78 Å². The van der Waals surface area contributed by atoms with Crippen molar-refractivity contribution in [1.29, 1.82) is 0 Å². The van der Waals surface area contributed by atoms with E-state index < -0.39 is 11.6 Å². The summed E-state index contributed by atoms with van der Waals surface area (Å²) in [5, 5.41) is 9.97.